The lowest BCUT2D eigenvalue weighted by atomic mass is 9.78. The molecule has 2 aliphatic carbocycles. The van der Waals surface area contributed by atoms with Crippen molar-refractivity contribution < 1.29 is 43.3 Å². The monoisotopic (exact) mass is 1010 g/mol. The van der Waals surface area contributed by atoms with Crippen LogP contribution < -0.4 is 15.5 Å². The van der Waals surface area contributed by atoms with Crippen molar-refractivity contribution in [3.05, 3.63) is 24.3 Å². The third-order valence-electron chi connectivity index (χ3n) is 15.4. The number of carboxylic acid groups (broad SMARTS) is 2. The highest BCUT2D eigenvalue weighted by atomic mass is 32.1. The largest absolute Gasteiger partial charge is 0.501 e. The zero-order valence-electron chi connectivity index (χ0n) is 42.5. The van der Waals surface area contributed by atoms with Gasteiger partial charge < -0.3 is 43.9 Å². The molecule has 0 aromatic heterocycles. The SMILES string of the molecule is CO[Si]1(CCCNC(S)Nc2ccc(N(CCN3CCN(CC(=O)O)CCN(CC(O)O)CC3)CC(=O)O)cc2)OC2CCCCCCCC(C3CCCCCCCCCCCCC3)CCCC2O1. The van der Waals surface area contributed by atoms with E-state index in [1.54, 1.807) is 7.11 Å². The number of aliphatic hydroxyl groups excluding tert-OH is 1. The summed E-state index contributed by atoms with van der Waals surface area (Å²) in [5, 5.41) is 45.4. The van der Waals surface area contributed by atoms with Crippen LogP contribution in [0.1, 0.15) is 154 Å². The lowest BCUT2D eigenvalue weighted by Crippen LogP contribution is -2.43. The van der Waals surface area contributed by atoms with Crippen molar-refractivity contribution in [3.8, 4) is 0 Å². The quantitative estimate of drug-likeness (QED) is 0.0306. The number of hydrogen-bond donors (Lipinski definition) is 7. The molecule has 2 saturated heterocycles. The molecule has 2 aliphatic heterocycles. The van der Waals surface area contributed by atoms with E-state index in [1.807, 2.05) is 39.0 Å². The van der Waals surface area contributed by atoms with Crippen LogP contribution in [0.3, 0.4) is 0 Å². The first-order chi connectivity index (χ1) is 33.5. The Labute approximate surface area is 422 Å². The fourth-order valence-corrected chi connectivity index (χ4v) is 14.4. The highest BCUT2D eigenvalue weighted by Crippen LogP contribution is 2.38. The fourth-order valence-electron chi connectivity index (χ4n) is 11.4. The second-order valence-corrected chi connectivity index (χ2v) is 24.0. The minimum atomic E-state index is -2.83. The molecule has 2 saturated carbocycles. The molecule has 5 unspecified atom stereocenters. The van der Waals surface area contributed by atoms with Crippen molar-refractivity contribution in [1.29, 1.82) is 0 Å². The van der Waals surface area contributed by atoms with Crippen LogP contribution in [0, 0.1) is 11.8 Å². The molecule has 0 bridgehead atoms. The van der Waals surface area contributed by atoms with E-state index in [-0.39, 0.29) is 37.3 Å². The number of anilines is 2. The van der Waals surface area contributed by atoms with Gasteiger partial charge in [0.25, 0.3) is 0 Å². The molecule has 396 valence electrons. The van der Waals surface area contributed by atoms with Gasteiger partial charge in [-0.05, 0) is 61.9 Å². The van der Waals surface area contributed by atoms with Crippen LogP contribution in [-0.4, -0.2) is 166 Å². The second kappa shape index (κ2) is 32.9. The highest BCUT2D eigenvalue weighted by molar-refractivity contribution is 7.81. The minimum Gasteiger partial charge on any atom is -0.480 e. The van der Waals surface area contributed by atoms with E-state index in [0.717, 1.165) is 48.5 Å². The Morgan fingerprint density at radius 1 is 0.696 bits per heavy atom. The van der Waals surface area contributed by atoms with Crippen LogP contribution in [0.2, 0.25) is 6.04 Å². The Kier molecular flexibility index (Phi) is 27.6. The zero-order chi connectivity index (χ0) is 49.1. The molecule has 0 radical (unpaired) electrons. The Bertz CT molecular complexity index is 1540. The van der Waals surface area contributed by atoms with Gasteiger partial charge in [-0.3, -0.25) is 29.6 Å². The molecule has 5 atom stereocenters. The van der Waals surface area contributed by atoms with Gasteiger partial charge in [-0.2, -0.15) is 0 Å². The predicted molar refractivity (Wildman–Crippen MR) is 281 cm³/mol. The average Bonchev–Trinajstić information content (AvgIpc) is 3.71. The molecule has 1 aromatic rings. The Morgan fingerprint density at radius 3 is 1.68 bits per heavy atom. The van der Waals surface area contributed by atoms with E-state index in [4.69, 9.17) is 25.9 Å². The topological polar surface area (TPSA) is 180 Å². The van der Waals surface area contributed by atoms with Crippen molar-refractivity contribution in [2.24, 2.45) is 11.8 Å². The smallest absolute Gasteiger partial charge is 0.480 e. The molecule has 15 nitrogen and oxygen atoms in total. The molecule has 6 N–H and O–H groups in total. The maximum atomic E-state index is 12.0. The number of rotatable bonds is 19. The summed E-state index contributed by atoms with van der Waals surface area (Å²) in [7, 11) is -1.06. The molecule has 5 rings (SSSR count). The highest BCUT2D eigenvalue weighted by Gasteiger charge is 2.52. The van der Waals surface area contributed by atoms with E-state index < -0.39 is 27.0 Å². The summed E-state index contributed by atoms with van der Waals surface area (Å²) in [6, 6.07) is 8.44. The first-order valence-electron chi connectivity index (χ1n) is 27.4. The van der Waals surface area contributed by atoms with E-state index in [1.165, 1.54) is 135 Å². The van der Waals surface area contributed by atoms with Crippen molar-refractivity contribution in [1.82, 2.24) is 20.0 Å². The van der Waals surface area contributed by atoms with E-state index in [9.17, 15) is 30.0 Å². The standard InChI is InChI=1S/C52H94N6O9SSi/c1-65-69(66-47-24-17-13-9-12-16-22-44(23-18-25-48(47)67-69)43-20-14-10-7-5-3-2-4-6-8-11-15-21-43)39-19-30-53-52(68)54-45-26-28-46(29-27-45)58(42-51(63)64)38-37-55-31-33-56(40-49(59)60)35-36-57(34-32-55)41-50(61)62/h26-29,43-44,47-49,52-54,59-60,68H,2-25,30-42H2,1H3,(H,61,62)(H,63,64). The summed E-state index contributed by atoms with van der Waals surface area (Å²) >= 11 is 4.80. The summed E-state index contributed by atoms with van der Waals surface area (Å²) < 4.78 is 20.0. The lowest BCUT2D eigenvalue weighted by Gasteiger charge is -2.30. The Hall–Kier alpha value is -2.03. The van der Waals surface area contributed by atoms with Gasteiger partial charge in [-0.25, -0.2) is 0 Å². The normalized spacial score (nSPS) is 26.5. The summed E-state index contributed by atoms with van der Waals surface area (Å²) in [4.78, 5) is 31.3. The number of fused-ring (bicyclic) bond motifs is 1. The van der Waals surface area contributed by atoms with Crippen LogP contribution in [0.5, 0.6) is 0 Å². The van der Waals surface area contributed by atoms with E-state index in [0.29, 0.717) is 58.9 Å². The number of nitrogens with one attached hydrogen (secondary N) is 2. The molecule has 2 heterocycles. The van der Waals surface area contributed by atoms with Gasteiger partial charge in [0.1, 0.15) is 12.0 Å². The molecular weight excluding hydrogens is 913 g/mol. The first-order valence-corrected chi connectivity index (χ1v) is 29.9. The maximum absolute atomic E-state index is 12.0. The zero-order valence-corrected chi connectivity index (χ0v) is 44.4. The molecule has 69 heavy (non-hydrogen) atoms. The minimum absolute atomic E-state index is 0.0736. The van der Waals surface area contributed by atoms with Crippen molar-refractivity contribution in [3.63, 3.8) is 0 Å². The molecule has 17 heteroatoms. The van der Waals surface area contributed by atoms with Gasteiger partial charge in [0, 0.05) is 83.4 Å². The summed E-state index contributed by atoms with van der Waals surface area (Å²) in [5.74, 6) is -0.130. The molecule has 4 fully saturated rings. The molecule has 4 aliphatic rings. The number of β-amino-alcohol motifs (C(OH)–C–C–N with tert-alkyl or cyclic N) is 2. The number of hydrogen-bond acceptors (Lipinski definition) is 14. The van der Waals surface area contributed by atoms with Gasteiger partial charge in [0.15, 0.2) is 6.29 Å². The van der Waals surface area contributed by atoms with Crippen LogP contribution in [0.4, 0.5) is 11.4 Å². The van der Waals surface area contributed by atoms with Crippen molar-refractivity contribution in [2.75, 3.05) is 95.9 Å². The molecule has 0 spiro atoms. The van der Waals surface area contributed by atoms with Crippen molar-refractivity contribution >= 4 is 44.7 Å². The van der Waals surface area contributed by atoms with Crippen LogP contribution in [0.15, 0.2) is 24.3 Å². The lowest BCUT2D eigenvalue weighted by molar-refractivity contribution is -0.138. The molecule has 1 aromatic carbocycles. The van der Waals surface area contributed by atoms with Crippen LogP contribution in [-0.2, 0) is 22.9 Å². The maximum Gasteiger partial charge on any atom is 0.501 e. The number of aliphatic carboxylic acids is 2. The number of nitrogens with zero attached hydrogens (tertiary/aromatic N) is 4. The second-order valence-electron chi connectivity index (χ2n) is 20.7. The number of benzene rings is 1. The Morgan fingerprint density at radius 2 is 1.17 bits per heavy atom. The van der Waals surface area contributed by atoms with Gasteiger partial charge in [0.05, 0.1) is 18.8 Å². The summed E-state index contributed by atoms with van der Waals surface area (Å²) in [6.45, 7) is 4.89. The van der Waals surface area contributed by atoms with Gasteiger partial charge in [-0.15, -0.1) is 12.6 Å². The van der Waals surface area contributed by atoms with Crippen LogP contribution >= 0.6 is 12.6 Å². The third-order valence-corrected chi connectivity index (χ3v) is 18.6. The number of carbonyl (C=O) groups is 2. The molecule has 0 amide bonds. The molecular formula is C52H94N6O9SSi. The van der Waals surface area contributed by atoms with Crippen molar-refractivity contribution in [2.45, 2.75) is 184 Å². The van der Waals surface area contributed by atoms with E-state index in [2.05, 4.69) is 15.5 Å². The van der Waals surface area contributed by atoms with Gasteiger partial charge in [-0.1, -0.05) is 135 Å². The number of aliphatic hydroxyl groups is 2. The average molecular weight is 1010 g/mol. The summed E-state index contributed by atoms with van der Waals surface area (Å²) in [6.07, 6.45) is 30.6. The van der Waals surface area contributed by atoms with E-state index >= 15 is 0 Å². The van der Waals surface area contributed by atoms with Gasteiger partial charge >= 0.3 is 20.7 Å². The fraction of sp³-hybridized carbons (Fsp3) is 0.846. The van der Waals surface area contributed by atoms with Crippen LogP contribution in [0.25, 0.3) is 0 Å². The predicted octanol–water partition coefficient (Wildman–Crippen LogP) is 8.10. The first kappa shape index (κ1) is 57.9. The summed E-state index contributed by atoms with van der Waals surface area (Å²) in [5.41, 5.74) is 1.30. The van der Waals surface area contributed by atoms with Gasteiger partial charge in [0.2, 0.25) is 0 Å². The number of carboxylic acids is 2. The Balaban J connectivity index is 1.08. The third kappa shape index (κ3) is 22.7. The number of thiol groups is 1.